The highest BCUT2D eigenvalue weighted by molar-refractivity contribution is 6.51. The number of ether oxygens (including phenoxy) is 3. The van der Waals surface area contributed by atoms with Crippen molar-refractivity contribution >= 4 is 23.1 Å². The van der Waals surface area contributed by atoms with Gasteiger partial charge in [-0.1, -0.05) is 12.1 Å². The number of benzene rings is 3. The van der Waals surface area contributed by atoms with Crippen LogP contribution in [0.4, 0.5) is 5.69 Å². The van der Waals surface area contributed by atoms with Crippen LogP contribution in [0.25, 0.3) is 5.76 Å². The maximum atomic E-state index is 13.5. The summed E-state index contributed by atoms with van der Waals surface area (Å²) in [4.78, 5) is 28.3. The fourth-order valence-electron chi connectivity index (χ4n) is 4.49. The number of ketones is 1. The smallest absolute Gasteiger partial charge is 0.300 e. The molecule has 1 saturated heterocycles. The SMILES string of the molecule is CCOc1ccc(N2C(=O)C(=O)/C(=C(/O)c3ccc(OC)cc3C)C2c2cccc(OC(C)C)c2)cc1. The number of aliphatic hydroxyl groups excluding tert-OH is 1. The number of aliphatic hydroxyl groups is 1. The fraction of sp³-hybridized carbons (Fsp3) is 0.267. The first kappa shape index (κ1) is 25.8. The van der Waals surface area contributed by atoms with Crippen LogP contribution in [-0.4, -0.2) is 36.6 Å². The molecule has 7 heteroatoms. The Kier molecular flexibility index (Phi) is 7.53. The Hall–Kier alpha value is -4.26. The van der Waals surface area contributed by atoms with Gasteiger partial charge in [0.05, 0.1) is 31.4 Å². The van der Waals surface area contributed by atoms with Gasteiger partial charge in [0.1, 0.15) is 23.0 Å². The van der Waals surface area contributed by atoms with E-state index in [1.165, 1.54) is 4.90 Å². The molecule has 1 heterocycles. The molecule has 1 atom stereocenters. The summed E-state index contributed by atoms with van der Waals surface area (Å²) < 4.78 is 16.7. The molecule has 1 aliphatic heterocycles. The minimum Gasteiger partial charge on any atom is -0.507 e. The average molecular weight is 502 g/mol. The number of amides is 1. The molecule has 7 nitrogen and oxygen atoms in total. The molecule has 0 spiro atoms. The van der Waals surface area contributed by atoms with E-state index in [2.05, 4.69) is 0 Å². The van der Waals surface area contributed by atoms with Crippen molar-refractivity contribution in [2.75, 3.05) is 18.6 Å². The minimum absolute atomic E-state index is 0.00819. The monoisotopic (exact) mass is 501 g/mol. The van der Waals surface area contributed by atoms with Gasteiger partial charge in [0.25, 0.3) is 11.7 Å². The van der Waals surface area contributed by atoms with Crippen LogP contribution in [0.2, 0.25) is 0 Å². The molecular weight excluding hydrogens is 470 g/mol. The molecule has 0 aromatic heterocycles. The number of aryl methyl sites for hydroxylation is 1. The molecule has 1 aliphatic rings. The van der Waals surface area contributed by atoms with Gasteiger partial charge in [0.15, 0.2) is 0 Å². The minimum atomic E-state index is -0.866. The van der Waals surface area contributed by atoms with Crippen molar-refractivity contribution < 1.29 is 28.9 Å². The normalized spacial score (nSPS) is 16.8. The highest BCUT2D eigenvalue weighted by atomic mass is 16.5. The van der Waals surface area contributed by atoms with E-state index in [9.17, 15) is 14.7 Å². The van der Waals surface area contributed by atoms with E-state index in [4.69, 9.17) is 14.2 Å². The average Bonchev–Trinajstić information content (AvgIpc) is 3.14. The zero-order chi connectivity index (χ0) is 26.7. The highest BCUT2D eigenvalue weighted by Gasteiger charge is 2.47. The lowest BCUT2D eigenvalue weighted by Gasteiger charge is -2.26. The van der Waals surface area contributed by atoms with E-state index in [1.54, 1.807) is 55.6 Å². The molecule has 1 unspecified atom stereocenters. The third-order valence-corrected chi connectivity index (χ3v) is 6.10. The number of hydrogen-bond donors (Lipinski definition) is 1. The summed E-state index contributed by atoms with van der Waals surface area (Å²) in [6, 6.07) is 18.5. The fourth-order valence-corrected chi connectivity index (χ4v) is 4.49. The molecule has 0 bridgehead atoms. The van der Waals surface area contributed by atoms with Crippen molar-refractivity contribution in [3.8, 4) is 17.2 Å². The van der Waals surface area contributed by atoms with Crippen LogP contribution >= 0.6 is 0 Å². The molecule has 37 heavy (non-hydrogen) atoms. The molecule has 1 amide bonds. The van der Waals surface area contributed by atoms with E-state index < -0.39 is 17.7 Å². The van der Waals surface area contributed by atoms with Crippen LogP contribution in [-0.2, 0) is 9.59 Å². The Morgan fingerprint density at radius 1 is 0.973 bits per heavy atom. The van der Waals surface area contributed by atoms with Crippen LogP contribution < -0.4 is 19.1 Å². The first-order valence-electron chi connectivity index (χ1n) is 12.2. The van der Waals surface area contributed by atoms with Crippen LogP contribution in [0.1, 0.15) is 43.5 Å². The Labute approximate surface area is 216 Å². The highest BCUT2D eigenvalue weighted by Crippen LogP contribution is 2.43. The molecule has 4 rings (SSSR count). The Balaban J connectivity index is 1.91. The van der Waals surface area contributed by atoms with Crippen molar-refractivity contribution in [1.29, 1.82) is 0 Å². The Bertz CT molecular complexity index is 1340. The van der Waals surface area contributed by atoms with Gasteiger partial charge >= 0.3 is 0 Å². The quantitative estimate of drug-likeness (QED) is 0.238. The van der Waals surface area contributed by atoms with Gasteiger partial charge in [-0.2, -0.15) is 0 Å². The largest absolute Gasteiger partial charge is 0.507 e. The second kappa shape index (κ2) is 10.8. The number of Topliss-reactive ketones (excluding diaryl/α,β-unsaturated/α-hetero) is 1. The number of carbonyl (C=O) groups is 2. The molecule has 3 aromatic carbocycles. The topological polar surface area (TPSA) is 85.3 Å². The van der Waals surface area contributed by atoms with E-state index in [1.807, 2.05) is 45.9 Å². The lowest BCUT2D eigenvalue weighted by Crippen LogP contribution is -2.29. The summed E-state index contributed by atoms with van der Waals surface area (Å²) in [5, 5.41) is 11.5. The zero-order valence-electron chi connectivity index (χ0n) is 21.6. The number of hydrogen-bond acceptors (Lipinski definition) is 6. The molecule has 192 valence electrons. The van der Waals surface area contributed by atoms with Gasteiger partial charge in [-0.15, -0.1) is 0 Å². The van der Waals surface area contributed by atoms with Gasteiger partial charge in [-0.05, 0) is 93.4 Å². The van der Waals surface area contributed by atoms with Crippen LogP contribution in [0, 0.1) is 6.92 Å². The first-order chi connectivity index (χ1) is 17.7. The van der Waals surface area contributed by atoms with Crippen molar-refractivity contribution in [3.63, 3.8) is 0 Å². The number of rotatable bonds is 8. The molecule has 0 saturated carbocycles. The molecule has 3 aromatic rings. The second-order valence-corrected chi connectivity index (χ2v) is 9.02. The summed E-state index contributed by atoms with van der Waals surface area (Å²) >= 11 is 0. The lowest BCUT2D eigenvalue weighted by molar-refractivity contribution is -0.132. The Morgan fingerprint density at radius 3 is 2.30 bits per heavy atom. The maximum absolute atomic E-state index is 13.5. The molecule has 1 fully saturated rings. The van der Waals surface area contributed by atoms with Gasteiger partial charge in [-0.3, -0.25) is 14.5 Å². The number of nitrogens with zero attached hydrogens (tertiary/aromatic N) is 1. The second-order valence-electron chi connectivity index (χ2n) is 9.02. The lowest BCUT2D eigenvalue weighted by atomic mass is 9.93. The van der Waals surface area contributed by atoms with Gasteiger partial charge < -0.3 is 19.3 Å². The third kappa shape index (κ3) is 5.16. The molecule has 0 radical (unpaired) electrons. The van der Waals surface area contributed by atoms with Crippen LogP contribution in [0.3, 0.4) is 0 Å². The third-order valence-electron chi connectivity index (χ3n) is 6.10. The standard InChI is InChI=1S/C30H31NO6/c1-6-36-22-12-10-21(11-13-22)31-27(20-8-7-9-24(17-20)37-18(2)3)26(29(33)30(31)34)28(32)25-15-14-23(35-5)16-19(25)4/h7-18,27,32H,6H2,1-5H3/b28-26+. The Morgan fingerprint density at radius 2 is 1.68 bits per heavy atom. The summed E-state index contributed by atoms with van der Waals surface area (Å²) in [6.07, 6.45) is -0.0605. The van der Waals surface area contributed by atoms with Crippen LogP contribution in [0.15, 0.2) is 72.3 Å². The predicted molar refractivity (Wildman–Crippen MR) is 142 cm³/mol. The van der Waals surface area contributed by atoms with Crippen molar-refractivity contribution in [2.24, 2.45) is 0 Å². The number of methoxy groups -OCH3 is 1. The first-order valence-corrected chi connectivity index (χ1v) is 12.2. The van der Waals surface area contributed by atoms with Crippen molar-refractivity contribution in [2.45, 2.75) is 39.8 Å². The predicted octanol–water partition coefficient (Wildman–Crippen LogP) is 5.82. The van der Waals surface area contributed by atoms with E-state index in [0.29, 0.717) is 46.2 Å². The summed E-state index contributed by atoms with van der Waals surface area (Å²) in [6.45, 7) is 8.05. The molecule has 0 aliphatic carbocycles. The maximum Gasteiger partial charge on any atom is 0.300 e. The van der Waals surface area contributed by atoms with Gasteiger partial charge in [-0.25, -0.2) is 0 Å². The molecular formula is C30H31NO6. The van der Waals surface area contributed by atoms with E-state index in [0.717, 1.165) is 0 Å². The van der Waals surface area contributed by atoms with E-state index >= 15 is 0 Å². The summed E-state index contributed by atoms with van der Waals surface area (Å²) in [5.41, 5.74) is 2.31. The van der Waals surface area contributed by atoms with Crippen molar-refractivity contribution in [1.82, 2.24) is 0 Å². The summed E-state index contributed by atoms with van der Waals surface area (Å²) in [7, 11) is 1.56. The molecule has 1 N–H and O–H groups in total. The zero-order valence-corrected chi connectivity index (χ0v) is 21.6. The number of anilines is 1. The van der Waals surface area contributed by atoms with E-state index in [-0.39, 0.29) is 17.4 Å². The van der Waals surface area contributed by atoms with Crippen LogP contribution in [0.5, 0.6) is 17.2 Å². The van der Waals surface area contributed by atoms with Crippen molar-refractivity contribution in [3.05, 3.63) is 89.0 Å². The summed E-state index contributed by atoms with van der Waals surface area (Å²) in [5.74, 6) is 0.149. The van der Waals surface area contributed by atoms with Gasteiger partial charge in [0.2, 0.25) is 0 Å². The van der Waals surface area contributed by atoms with Gasteiger partial charge in [0, 0.05) is 11.3 Å². The number of carbonyl (C=O) groups excluding carboxylic acids is 2.